The second kappa shape index (κ2) is 4.73. The quantitative estimate of drug-likeness (QED) is 0.811. The van der Waals surface area contributed by atoms with Crippen molar-refractivity contribution in [2.24, 2.45) is 0 Å². The van der Waals surface area contributed by atoms with Crippen LogP contribution in [0, 0.1) is 0 Å². The number of hydrogen-bond donors (Lipinski definition) is 0. The molecule has 4 rings (SSSR count). The van der Waals surface area contributed by atoms with Crippen LogP contribution >= 0.6 is 11.3 Å². The number of piperazine rings is 1. The van der Waals surface area contributed by atoms with Crippen LogP contribution < -0.4 is 0 Å². The molecule has 0 unspecified atom stereocenters. The number of carbonyl (C=O) groups is 2. The van der Waals surface area contributed by atoms with Crippen molar-refractivity contribution in [2.75, 3.05) is 26.2 Å². The fourth-order valence-electron chi connectivity index (χ4n) is 2.99. The van der Waals surface area contributed by atoms with Gasteiger partial charge in [-0.15, -0.1) is 11.3 Å². The minimum Gasteiger partial charge on any atom is -0.447 e. The predicted molar refractivity (Wildman–Crippen MR) is 79.6 cm³/mol. The van der Waals surface area contributed by atoms with Gasteiger partial charge in [-0.05, 0) is 6.07 Å². The lowest BCUT2D eigenvalue weighted by molar-refractivity contribution is 0.0619. The van der Waals surface area contributed by atoms with E-state index in [1.165, 1.54) is 0 Å². The summed E-state index contributed by atoms with van der Waals surface area (Å²) in [6.45, 7) is 2.05. The van der Waals surface area contributed by atoms with Gasteiger partial charge < -0.3 is 9.64 Å². The molecule has 2 saturated heterocycles. The summed E-state index contributed by atoms with van der Waals surface area (Å²) >= 11 is 1.59. The lowest BCUT2D eigenvalue weighted by Crippen LogP contribution is -2.53. The Morgan fingerprint density at radius 2 is 2.14 bits per heavy atom. The number of benzene rings is 1. The van der Waals surface area contributed by atoms with E-state index in [4.69, 9.17) is 4.74 Å². The van der Waals surface area contributed by atoms with Gasteiger partial charge >= 0.3 is 6.09 Å². The number of ether oxygens (including phenoxy) is 1. The van der Waals surface area contributed by atoms with Gasteiger partial charge in [-0.25, -0.2) is 4.79 Å². The molecule has 6 heteroatoms. The van der Waals surface area contributed by atoms with Crippen LogP contribution in [-0.4, -0.2) is 54.1 Å². The van der Waals surface area contributed by atoms with Crippen molar-refractivity contribution in [1.82, 2.24) is 9.80 Å². The minimum absolute atomic E-state index is 0.0000925. The van der Waals surface area contributed by atoms with E-state index >= 15 is 0 Å². The highest BCUT2D eigenvalue weighted by molar-refractivity contribution is 7.17. The van der Waals surface area contributed by atoms with Gasteiger partial charge in [0.25, 0.3) is 5.91 Å². The van der Waals surface area contributed by atoms with Crippen molar-refractivity contribution in [1.29, 1.82) is 0 Å². The average molecular weight is 302 g/mol. The molecule has 2 fully saturated rings. The van der Waals surface area contributed by atoms with Gasteiger partial charge in [0, 0.05) is 35.1 Å². The lowest BCUT2D eigenvalue weighted by atomic mass is 10.1. The summed E-state index contributed by atoms with van der Waals surface area (Å²) in [7, 11) is 0. The molecule has 2 aromatic rings. The third-order valence-electron chi connectivity index (χ3n) is 4.12. The predicted octanol–water partition coefficient (Wildman–Crippen LogP) is 2.18. The zero-order valence-electron chi connectivity index (χ0n) is 11.3. The first-order valence-electron chi connectivity index (χ1n) is 6.93. The van der Waals surface area contributed by atoms with Gasteiger partial charge in [0.2, 0.25) is 0 Å². The number of carbonyl (C=O) groups excluding carboxylic acids is 2. The molecule has 0 aliphatic carbocycles. The molecule has 21 heavy (non-hydrogen) atoms. The molecule has 2 aliphatic rings. The number of cyclic esters (lactones) is 1. The normalized spacial score (nSPS) is 21.5. The number of amides is 2. The Morgan fingerprint density at radius 1 is 1.29 bits per heavy atom. The molecule has 2 aliphatic heterocycles. The third kappa shape index (κ3) is 1.98. The van der Waals surface area contributed by atoms with E-state index in [2.05, 4.69) is 0 Å². The number of nitrogens with zero attached hydrogens (tertiary/aromatic N) is 2. The molecule has 0 spiro atoms. The molecule has 0 bridgehead atoms. The summed E-state index contributed by atoms with van der Waals surface area (Å²) in [5, 5.41) is 2.93. The van der Waals surface area contributed by atoms with E-state index in [1.54, 1.807) is 16.2 Å². The van der Waals surface area contributed by atoms with E-state index in [9.17, 15) is 9.59 Å². The Balaban J connectivity index is 1.59. The maximum absolute atomic E-state index is 12.7. The molecular formula is C15H14N2O3S. The van der Waals surface area contributed by atoms with Gasteiger partial charge in [0.15, 0.2) is 0 Å². The monoisotopic (exact) mass is 302 g/mol. The maximum atomic E-state index is 12.7. The molecule has 108 valence electrons. The van der Waals surface area contributed by atoms with E-state index in [-0.39, 0.29) is 18.0 Å². The first-order valence-corrected chi connectivity index (χ1v) is 7.81. The third-order valence-corrected chi connectivity index (χ3v) is 5.08. The molecule has 1 aromatic carbocycles. The Hall–Kier alpha value is -2.08. The van der Waals surface area contributed by atoms with Crippen LogP contribution in [0.3, 0.4) is 0 Å². The first kappa shape index (κ1) is 12.6. The highest BCUT2D eigenvalue weighted by atomic mass is 32.1. The van der Waals surface area contributed by atoms with E-state index in [0.717, 1.165) is 15.6 Å². The lowest BCUT2D eigenvalue weighted by Gasteiger charge is -2.35. The van der Waals surface area contributed by atoms with Crippen LogP contribution in [0.1, 0.15) is 10.4 Å². The highest BCUT2D eigenvalue weighted by Crippen LogP contribution is 2.28. The zero-order chi connectivity index (χ0) is 14.4. The van der Waals surface area contributed by atoms with Crippen molar-refractivity contribution in [3.05, 3.63) is 35.2 Å². The number of hydrogen-bond acceptors (Lipinski definition) is 4. The van der Waals surface area contributed by atoms with Gasteiger partial charge in [0.1, 0.15) is 6.61 Å². The summed E-state index contributed by atoms with van der Waals surface area (Å²) in [6, 6.07) is 7.94. The van der Waals surface area contributed by atoms with Crippen LogP contribution in [0.15, 0.2) is 29.6 Å². The fraction of sp³-hybridized carbons (Fsp3) is 0.333. The largest absolute Gasteiger partial charge is 0.447 e. The molecule has 5 nitrogen and oxygen atoms in total. The Bertz CT molecular complexity index is 727. The molecule has 1 aromatic heterocycles. The molecule has 1 atom stereocenters. The highest BCUT2D eigenvalue weighted by Gasteiger charge is 2.39. The van der Waals surface area contributed by atoms with E-state index < -0.39 is 0 Å². The Labute approximate surface area is 125 Å². The maximum Gasteiger partial charge on any atom is 0.410 e. The first-order chi connectivity index (χ1) is 10.2. The summed E-state index contributed by atoms with van der Waals surface area (Å²) in [6.07, 6.45) is -0.256. The molecule has 2 amide bonds. The summed E-state index contributed by atoms with van der Waals surface area (Å²) in [5.41, 5.74) is 0.759. The van der Waals surface area contributed by atoms with Crippen LogP contribution in [0.2, 0.25) is 0 Å². The summed E-state index contributed by atoms with van der Waals surface area (Å²) < 4.78 is 6.16. The van der Waals surface area contributed by atoms with Crippen molar-refractivity contribution in [3.63, 3.8) is 0 Å². The molecular weight excluding hydrogens is 288 g/mol. The van der Waals surface area contributed by atoms with E-state index in [0.29, 0.717) is 26.2 Å². The minimum atomic E-state index is -0.256. The van der Waals surface area contributed by atoms with Gasteiger partial charge in [-0.2, -0.15) is 0 Å². The standard InChI is InChI=1S/C15H14N2O3S/c18-14(12-9-21-13-4-2-1-3-11(12)13)16-5-6-17-10(7-16)8-20-15(17)19/h1-4,9-10H,5-8H2/t10-/m1/s1. The summed E-state index contributed by atoms with van der Waals surface area (Å²) in [5.74, 6) is 0.0476. The van der Waals surface area contributed by atoms with Crippen molar-refractivity contribution in [2.45, 2.75) is 6.04 Å². The van der Waals surface area contributed by atoms with Gasteiger partial charge in [-0.3, -0.25) is 9.69 Å². The van der Waals surface area contributed by atoms with Gasteiger partial charge in [0.05, 0.1) is 11.6 Å². The van der Waals surface area contributed by atoms with Crippen LogP contribution in [0.5, 0.6) is 0 Å². The van der Waals surface area contributed by atoms with Crippen molar-refractivity contribution in [3.8, 4) is 0 Å². The summed E-state index contributed by atoms with van der Waals surface area (Å²) in [4.78, 5) is 27.8. The van der Waals surface area contributed by atoms with Gasteiger partial charge in [-0.1, -0.05) is 18.2 Å². The number of thiophene rings is 1. The Morgan fingerprint density at radius 3 is 3.05 bits per heavy atom. The second-order valence-corrected chi connectivity index (χ2v) is 6.23. The number of fused-ring (bicyclic) bond motifs is 2. The molecule has 0 N–H and O–H groups in total. The molecule has 0 saturated carbocycles. The van der Waals surface area contributed by atoms with Crippen LogP contribution in [-0.2, 0) is 4.74 Å². The van der Waals surface area contributed by atoms with Crippen LogP contribution in [0.25, 0.3) is 10.1 Å². The SMILES string of the molecule is O=C(c1csc2ccccc12)N1CCN2C(=O)OC[C@H]2C1. The number of rotatable bonds is 1. The zero-order valence-corrected chi connectivity index (χ0v) is 12.1. The smallest absolute Gasteiger partial charge is 0.410 e. The average Bonchev–Trinajstić information content (AvgIpc) is 3.10. The van der Waals surface area contributed by atoms with Crippen molar-refractivity contribution >= 4 is 33.4 Å². The fourth-order valence-corrected chi connectivity index (χ4v) is 3.92. The molecule has 0 radical (unpaired) electrons. The second-order valence-electron chi connectivity index (χ2n) is 5.32. The van der Waals surface area contributed by atoms with Crippen LogP contribution in [0.4, 0.5) is 4.79 Å². The molecule has 3 heterocycles. The van der Waals surface area contributed by atoms with Crippen molar-refractivity contribution < 1.29 is 14.3 Å². The topological polar surface area (TPSA) is 49.9 Å². The van der Waals surface area contributed by atoms with E-state index in [1.807, 2.05) is 34.5 Å². The Kier molecular flexibility index (Phi) is 2.85.